The van der Waals surface area contributed by atoms with Crippen LogP contribution in [-0.2, 0) is 6.42 Å². The van der Waals surface area contributed by atoms with Crippen molar-refractivity contribution in [3.05, 3.63) is 84.2 Å². The molecular weight excluding hydrogens is 384 g/mol. The van der Waals surface area contributed by atoms with E-state index in [4.69, 9.17) is 4.74 Å². The molecule has 1 aliphatic heterocycles. The number of hydrogen-bond donors (Lipinski definition) is 2. The zero-order valence-electron chi connectivity index (χ0n) is 17.6. The number of fused-ring (bicyclic) bond motifs is 2. The zero-order chi connectivity index (χ0) is 20.8. The lowest BCUT2D eigenvalue weighted by atomic mass is 9.74. The van der Waals surface area contributed by atoms with Crippen molar-refractivity contribution >= 4 is 16.6 Å². The smallest absolute Gasteiger partial charge is 0.219 e. The van der Waals surface area contributed by atoms with Crippen LogP contribution in [0.1, 0.15) is 23.5 Å². The summed E-state index contributed by atoms with van der Waals surface area (Å²) in [5.41, 5.74) is 5.26. The number of H-pyrrole nitrogens is 1. The minimum atomic E-state index is 0.379. The van der Waals surface area contributed by atoms with E-state index in [9.17, 15) is 0 Å². The van der Waals surface area contributed by atoms with Gasteiger partial charge in [0.2, 0.25) is 5.88 Å². The lowest BCUT2D eigenvalue weighted by molar-refractivity contribution is 0.147. The van der Waals surface area contributed by atoms with Crippen molar-refractivity contribution in [1.82, 2.24) is 14.9 Å². The van der Waals surface area contributed by atoms with Crippen molar-refractivity contribution in [2.75, 3.05) is 18.9 Å². The molecule has 3 heterocycles. The Bertz CT molecular complexity index is 1200. The fourth-order valence-electron chi connectivity index (χ4n) is 5.42. The van der Waals surface area contributed by atoms with Crippen molar-refractivity contribution in [2.45, 2.75) is 30.8 Å². The van der Waals surface area contributed by atoms with Gasteiger partial charge in [-0.3, -0.25) is 0 Å². The number of para-hydroxylation sites is 1. The van der Waals surface area contributed by atoms with Crippen molar-refractivity contribution in [3.63, 3.8) is 0 Å². The average molecular weight is 411 g/mol. The summed E-state index contributed by atoms with van der Waals surface area (Å²) in [7, 11) is 2.26. The molecule has 2 aromatic heterocycles. The van der Waals surface area contributed by atoms with Gasteiger partial charge in [0.05, 0.1) is 11.9 Å². The second-order valence-corrected chi connectivity index (χ2v) is 8.78. The van der Waals surface area contributed by atoms with Gasteiger partial charge in [-0.15, -0.1) is 0 Å². The van der Waals surface area contributed by atoms with E-state index in [0.717, 1.165) is 30.8 Å². The topological polar surface area (TPSA) is 53.2 Å². The molecule has 1 unspecified atom stereocenters. The van der Waals surface area contributed by atoms with Gasteiger partial charge in [0, 0.05) is 47.7 Å². The van der Waals surface area contributed by atoms with Crippen LogP contribution in [0.4, 0.5) is 5.69 Å². The molecule has 1 saturated heterocycles. The number of pyridine rings is 1. The zero-order valence-corrected chi connectivity index (χ0v) is 17.6. The van der Waals surface area contributed by atoms with Gasteiger partial charge in [0.15, 0.2) is 0 Å². The summed E-state index contributed by atoms with van der Waals surface area (Å²) in [6, 6.07) is 21.4. The first-order valence-electron chi connectivity index (χ1n) is 11.0. The van der Waals surface area contributed by atoms with Crippen LogP contribution in [0.2, 0.25) is 0 Å². The van der Waals surface area contributed by atoms with E-state index in [1.807, 2.05) is 42.6 Å². The van der Waals surface area contributed by atoms with E-state index in [1.54, 1.807) is 0 Å². The van der Waals surface area contributed by atoms with Crippen LogP contribution in [0.3, 0.4) is 0 Å². The molecule has 0 bridgehead atoms. The number of ether oxygens (including phenoxy) is 1. The molecular formula is C26H26N4O. The van der Waals surface area contributed by atoms with Crippen LogP contribution in [0.25, 0.3) is 10.9 Å². The third-order valence-electron chi connectivity index (χ3n) is 6.80. The standard InChI is InChI=1S/C26H26N4O/c1-30-16-19(29-18-10-11-25(28-15-18)31-20-6-3-2-4-7-20)13-22-21-8-5-9-23-26(21)17(14-27-23)12-24(22)30/h2-11,14-15,19,22,24,27,29H,12-13,16H2,1H3/t19-,22?,24-/m1/s1. The highest BCUT2D eigenvalue weighted by Crippen LogP contribution is 2.43. The largest absolute Gasteiger partial charge is 0.439 e. The molecule has 0 spiro atoms. The van der Waals surface area contributed by atoms with Gasteiger partial charge in [-0.2, -0.15) is 0 Å². The lowest BCUT2D eigenvalue weighted by Gasteiger charge is -2.45. The van der Waals surface area contributed by atoms with Gasteiger partial charge < -0.3 is 19.9 Å². The highest BCUT2D eigenvalue weighted by molar-refractivity contribution is 5.88. The van der Waals surface area contributed by atoms with Crippen LogP contribution in [0, 0.1) is 0 Å². The Hall–Kier alpha value is -3.31. The number of aromatic amines is 1. The molecule has 6 rings (SSSR count). The number of hydrogen-bond acceptors (Lipinski definition) is 4. The molecule has 5 nitrogen and oxygen atoms in total. The maximum absolute atomic E-state index is 5.82. The molecule has 4 aromatic rings. The number of piperidine rings is 1. The number of nitrogens with zero attached hydrogens (tertiary/aromatic N) is 2. The number of nitrogens with one attached hydrogen (secondary N) is 2. The first-order chi connectivity index (χ1) is 15.2. The van der Waals surface area contributed by atoms with Crippen molar-refractivity contribution < 1.29 is 4.74 Å². The molecule has 1 aliphatic carbocycles. The Labute approximate surface area is 182 Å². The molecule has 0 radical (unpaired) electrons. The molecule has 2 N–H and O–H groups in total. The first-order valence-corrected chi connectivity index (χ1v) is 11.0. The van der Waals surface area contributed by atoms with E-state index in [0.29, 0.717) is 23.9 Å². The van der Waals surface area contributed by atoms with Gasteiger partial charge in [0.25, 0.3) is 0 Å². The van der Waals surface area contributed by atoms with Gasteiger partial charge in [-0.1, -0.05) is 30.3 Å². The summed E-state index contributed by atoms with van der Waals surface area (Å²) in [6.45, 7) is 1.03. The second-order valence-electron chi connectivity index (χ2n) is 8.78. The molecule has 31 heavy (non-hydrogen) atoms. The Kier molecular flexibility index (Phi) is 4.42. The summed E-state index contributed by atoms with van der Waals surface area (Å²) in [5.74, 6) is 1.94. The maximum atomic E-state index is 5.82. The Balaban J connectivity index is 1.20. The normalized spacial score (nSPS) is 22.8. The fourth-order valence-corrected chi connectivity index (χ4v) is 5.42. The molecule has 0 saturated carbocycles. The average Bonchev–Trinajstić information content (AvgIpc) is 3.21. The molecule has 5 heteroatoms. The summed E-state index contributed by atoms with van der Waals surface area (Å²) in [5, 5.41) is 5.16. The summed E-state index contributed by atoms with van der Waals surface area (Å²) in [6.07, 6.45) is 6.32. The number of anilines is 1. The third kappa shape index (κ3) is 3.35. The summed E-state index contributed by atoms with van der Waals surface area (Å²) < 4.78 is 5.82. The van der Waals surface area contributed by atoms with Crippen LogP contribution in [0.5, 0.6) is 11.6 Å². The fraction of sp³-hybridized carbons (Fsp3) is 0.269. The molecule has 156 valence electrons. The van der Waals surface area contributed by atoms with Crippen molar-refractivity contribution in [1.29, 1.82) is 0 Å². The lowest BCUT2D eigenvalue weighted by Crippen LogP contribution is -2.51. The predicted octanol–water partition coefficient (Wildman–Crippen LogP) is 5.18. The van der Waals surface area contributed by atoms with Crippen LogP contribution < -0.4 is 10.1 Å². The molecule has 2 aliphatic rings. The summed E-state index contributed by atoms with van der Waals surface area (Å²) >= 11 is 0. The van der Waals surface area contributed by atoms with E-state index in [2.05, 4.69) is 57.7 Å². The monoisotopic (exact) mass is 410 g/mol. The minimum absolute atomic E-state index is 0.379. The van der Waals surface area contributed by atoms with Crippen molar-refractivity contribution in [2.24, 2.45) is 0 Å². The first kappa shape index (κ1) is 18.5. The van der Waals surface area contributed by atoms with E-state index >= 15 is 0 Å². The highest BCUT2D eigenvalue weighted by atomic mass is 16.5. The van der Waals surface area contributed by atoms with E-state index in [-0.39, 0.29) is 0 Å². The Morgan fingerprint density at radius 3 is 2.81 bits per heavy atom. The number of benzene rings is 2. The van der Waals surface area contributed by atoms with Gasteiger partial charge in [0.1, 0.15) is 5.75 Å². The van der Waals surface area contributed by atoms with Crippen molar-refractivity contribution in [3.8, 4) is 11.6 Å². The SMILES string of the molecule is CN1C[C@H](Nc2ccc(Oc3ccccc3)nc2)CC2c3cccc4[nH]cc(c34)C[C@H]21. The van der Waals surface area contributed by atoms with Gasteiger partial charge >= 0.3 is 0 Å². The minimum Gasteiger partial charge on any atom is -0.439 e. The molecule has 0 amide bonds. The van der Waals surface area contributed by atoms with E-state index < -0.39 is 0 Å². The number of likely N-dealkylation sites (N-methyl/N-ethyl adjacent to an activating group) is 1. The Morgan fingerprint density at radius 2 is 1.97 bits per heavy atom. The quantitative estimate of drug-likeness (QED) is 0.487. The van der Waals surface area contributed by atoms with Crippen LogP contribution >= 0.6 is 0 Å². The molecule has 3 atom stereocenters. The number of likely N-dealkylation sites (tertiary alicyclic amines) is 1. The third-order valence-corrected chi connectivity index (χ3v) is 6.80. The van der Waals surface area contributed by atoms with Crippen LogP contribution in [0.15, 0.2) is 73.1 Å². The highest BCUT2D eigenvalue weighted by Gasteiger charge is 2.39. The second kappa shape index (κ2) is 7.43. The van der Waals surface area contributed by atoms with Gasteiger partial charge in [-0.05, 0) is 55.3 Å². The maximum Gasteiger partial charge on any atom is 0.219 e. The predicted molar refractivity (Wildman–Crippen MR) is 124 cm³/mol. The Morgan fingerprint density at radius 1 is 1.06 bits per heavy atom. The number of rotatable bonds is 4. The van der Waals surface area contributed by atoms with Gasteiger partial charge in [-0.25, -0.2) is 4.98 Å². The number of aromatic nitrogens is 2. The van der Waals surface area contributed by atoms with Crippen LogP contribution in [-0.4, -0.2) is 40.5 Å². The molecule has 1 fully saturated rings. The molecule has 2 aromatic carbocycles. The summed E-state index contributed by atoms with van der Waals surface area (Å²) in [4.78, 5) is 10.5. The van der Waals surface area contributed by atoms with E-state index in [1.165, 1.54) is 22.0 Å².